The summed E-state index contributed by atoms with van der Waals surface area (Å²) in [6.45, 7) is 2.54. The van der Waals surface area contributed by atoms with Gasteiger partial charge in [0.25, 0.3) is 0 Å². The average Bonchev–Trinajstić information content (AvgIpc) is 2.63. The first-order chi connectivity index (χ1) is 7.24. The van der Waals surface area contributed by atoms with Crippen molar-refractivity contribution in [1.82, 2.24) is 9.38 Å². The number of aryl methyl sites for hydroxylation is 1. The summed E-state index contributed by atoms with van der Waals surface area (Å²) in [6, 6.07) is 3.90. The molecule has 4 nitrogen and oxygen atoms in total. The van der Waals surface area contributed by atoms with E-state index in [0.29, 0.717) is 6.61 Å². The van der Waals surface area contributed by atoms with Crippen molar-refractivity contribution in [2.24, 2.45) is 5.73 Å². The van der Waals surface area contributed by atoms with E-state index in [2.05, 4.69) is 4.98 Å². The molecule has 1 atom stereocenters. The highest BCUT2D eigenvalue weighted by molar-refractivity contribution is 5.48. The predicted octanol–water partition coefficient (Wildman–Crippen LogP) is 1.29. The van der Waals surface area contributed by atoms with Crippen LogP contribution in [0.2, 0.25) is 0 Å². The minimum Gasteiger partial charge on any atom is -0.383 e. The van der Waals surface area contributed by atoms with Crippen LogP contribution in [0.15, 0.2) is 24.5 Å². The van der Waals surface area contributed by atoms with Crippen molar-refractivity contribution in [3.63, 3.8) is 0 Å². The molecule has 4 heteroatoms. The molecule has 15 heavy (non-hydrogen) atoms. The van der Waals surface area contributed by atoms with Crippen molar-refractivity contribution in [3.05, 3.63) is 35.8 Å². The molecule has 0 fully saturated rings. The third-order valence-corrected chi connectivity index (χ3v) is 2.49. The van der Waals surface area contributed by atoms with Gasteiger partial charge < -0.3 is 14.9 Å². The van der Waals surface area contributed by atoms with E-state index in [1.165, 1.54) is 0 Å². The van der Waals surface area contributed by atoms with Crippen LogP contribution in [-0.2, 0) is 4.74 Å². The summed E-state index contributed by atoms with van der Waals surface area (Å²) in [5.41, 5.74) is 9.07. The zero-order valence-electron chi connectivity index (χ0n) is 8.97. The van der Waals surface area contributed by atoms with Crippen LogP contribution in [0.4, 0.5) is 0 Å². The lowest BCUT2D eigenvalue weighted by Crippen LogP contribution is -2.17. The number of hydrogen-bond donors (Lipinski definition) is 1. The number of fused-ring (bicyclic) bond motifs is 1. The average molecular weight is 205 g/mol. The lowest BCUT2D eigenvalue weighted by Gasteiger charge is -2.10. The molecule has 2 aromatic rings. The van der Waals surface area contributed by atoms with Crippen LogP contribution >= 0.6 is 0 Å². The molecule has 0 aliphatic carbocycles. The molecule has 0 saturated heterocycles. The molecule has 0 unspecified atom stereocenters. The van der Waals surface area contributed by atoms with Gasteiger partial charge in [0.15, 0.2) is 0 Å². The maximum atomic E-state index is 5.98. The van der Waals surface area contributed by atoms with Crippen LogP contribution in [0.1, 0.15) is 17.3 Å². The fraction of sp³-hybridized carbons (Fsp3) is 0.364. The fourth-order valence-corrected chi connectivity index (χ4v) is 1.71. The number of nitrogens with zero attached hydrogens (tertiary/aromatic N) is 2. The molecule has 2 aromatic heterocycles. The summed E-state index contributed by atoms with van der Waals surface area (Å²) in [4.78, 5) is 4.35. The van der Waals surface area contributed by atoms with Crippen molar-refractivity contribution >= 4 is 5.65 Å². The van der Waals surface area contributed by atoms with Crippen molar-refractivity contribution in [2.75, 3.05) is 13.7 Å². The van der Waals surface area contributed by atoms with Gasteiger partial charge in [0.05, 0.1) is 24.5 Å². The molecule has 0 amide bonds. The van der Waals surface area contributed by atoms with Gasteiger partial charge in [0.1, 0.15) is 5.65 Å². The van der Waals surface area contributed by atoms with Gasteiger partial charge >= 0.3 is 0 Å². The Balaban J connectivity index is 2.49. The Labute approximate surface area is 88.7 Å². The number of aromatic nitrogens is 2. The van der Waals surface area contributed by atoms with Gasteiger partial charge in [-0.2, -0.15) is 0 Å². The summed E-state index contributed by atoms with van der Waals surface area (Å²) in [7, 11) is 1.65. The Morgan fingerprint density at radius 1 is 1.60 bits per heavy atom. The Kier molecular flexibility index (Phi) is 2.70. The minimum absolute atomic E-state index is 0.133. The van der Waals surface area contributed by atoms with E-state index in [9.17, 15) is 0 Å². The van der Waals surface area contributed by atoms with E-state index >= 15 is 0 Å². The Morgan fingerprint density at radius 3 is 3.13 bits per heavy atom. The van der Waals surface area contributed by atoms with E-state index in [1.807, 2.05) is 35.9 Å². The molecular weight excluding hydrogens is 190 g/mol. The molecule has 0 spiro atoms. The highest BCUT2D eigenvalue weighted by Gasteiger charge is 2.11. The minimum atomic E-state index is -0.133. The molecule has 0 saturated carbocycles. The molecule has 0 bridgehead atoms. The van der Waals surface area contributed by atoms with Gasteiger partial charge in [-0.05, 0) is 18.6 Å². The maximum absolute atomic E-state index is 5.98. The van der Waals surface area contributed by atoms with Crippen LogP contribution in [0.5, 0.6) is 0 Å². The number of rotatable bonds is 3. The van der Waals surface area contributed by atoms with Gasteiger partial charge in [0, 0.05) is 13.3 Å². The molecule has 0 aromatic carbocycles. The SMILES string of the molecule is COC[C@@H](N)c1cnc2c(C)cccn12. The summed E-state index contributed by atoms with van der Waals surface area (Å²) in [6.07, 6.45) is 3.78. The quantitative estimate of drug-likeness (QED) is 0.821. The number of nitrogens with two attached hydrogens (primary N) is 1. The third-order valence-electron chi connectivity index (χ3n) is 2.49. The summed E-state index contributed by atoms with van der Waals surface area (Å²) in [5.74, 6) is 0. The number of imidazole rings is 1. The van der Waals surface area contributed by atoms with Crippen LogP contribution < -0.4 is 5.73 Å². The van der Waals surface area contributed by atoms with Crippen LogP contribution in [0.25, 0.3) is 5.65 Å². The third kappa shape index (κ3) is 1.73. The van der Waals surface area contributed by atoms with Crippen molar-refractivity contribution in [2.45, 2.75) is 13.0 Å². The second-order valence-corrected chi connectivity index (χ2v) is 3.63. The van der Waals surface area contributed by atoms with E-state index in [4.69, 9.17) is 10.5 Å². The highest BCUT2D eigenvalue weighted by atomic mass is 16.5. The van der Waals surface area contributed by atoms with Crippen LogP contribution in [0.3, 0.4) is 0 Å². The number of ether oxygens (including phenoxy) is 1. The molecule has 80 valence electrons. The smallest absolute Gasteiger partial charge is 0.139 e. The molecule has 0 radical (unpaired) electrons. The molecular formula is C11H15N3O. The van der Waals surface area contributed by atoms with Crippen molar-refractivity contribution < 1.29 is 4.74 Å². The molecule has 2 rings (SSSR count). The van der Waals surface area contributed by atoms with Crippen LogP contribution in [-0.4, -0.2) is 23.1 Å². The zero-order chi connectivity index (χ0) is 10.8. The van der Waals surface area contributed by atoms with E-state index in [1.54, 1.807) is 7.11 Å². The lowest BCUT2D eigenvalue weighted by molar-refractivity contribution is 0.179. The van der Waals surface area contributed by atoms with E-state index in [-0.39, 0.29) is 6.04 Å². The summed E-state index contributed by atoms with van der Waals surface area (Å²) >= 11 is 0. The topological polar surface area (TPSA) is 52.5 Å². The van der Waals surface area contributed by atoms with Crippen LogP contribution in [0, 0.1) is 6.92 Å². The van der Waals surface area contributed by atoms with E-state index < -0.39 is 0 Å². The first-order valence-electron chi connectivity index (χ1n) is 4.91. The first kappa shape index (κ1) is 10.1. The van der Waals surface area contributed by atoms with Gasteiger partial charge in [-0.15, -0.1) is 0 Å². The monoisotopic (exact) mass is 205 g/mol. The molecule has 2 N–H and O–H groups in total. The second-order valence-electron chi connectivity index (χ2n) is 3.63. The number of pyridine rings is 1. The Bertz CT molecular complexity index is 464. The van der Waals surface area contributed by atoms with Gasteiger partial charge in [-0.1, -0.05) is 6.07 Å². The second kappa shape index (κ2) is 4.00. The maximum Gasteiger partial charge on any atom is 0.139 e. The lowest BCUT2D eigenvalue weighted by atomic mass is 10.2. The predicted molar refractivity (Wildman–Crippen MR) is 58.7 cm³/mol. The molecule has 2 heterocycles. The zero-order valence-corrected chi connectivity index (χ0v) is 8.97. The van der Waals surface area contributed by atoms with Gasteiger partial charge in [-0.3, -0.25) is 0 Å². The highest BCUT2D eigenvalue weighted by Crippen LogP contribution is 2.15. The van der Waals surface area contributed by atoms with Crippen molar-refractivity contribution in [1.29, 1.82) is 0 Å². The van der Waals surface area contributed by atoms with E-state index in [0.717, 1.165) is 16.9 Å². The standard InChI is InChI=1S/C11H15N3O/c1-8-4-3-5-14-10(6-13-11(8)14)9(12)7-15-2/h3-6,9H,7,12H2,1-2H3/t9-/m1/s1. The number of hydrogen-bond acceptors (Lipinski definition) is 3. The van der Waals surface area contributed by atoms with Gasteiger partial charge in [0.2, 0.25) is 0 Å². The fourth-order valence-electron chi connectivity index (χ4n) is 1.71. The summed E-state index contributed by atoms with van der Waals surface area (Å²) < 4.78 is 7.05. The molecule has 0 aliphatic rings. The Morgan fingerprint density at radius 2 is 2.40 bits per heavy atom. The van der Waals surface area contributed by atoms with Crippen molar-refractivity contribution in [3.8, 4) is 0 Å². The first-order valence-corrected chi connectivity index (χ1v) is 4.91. The largest absolute Gasteiger partial charge is 0.383 e. The Hall–Kier alpha value is -1.39. The number of methoxy groups -OCH3 is 1. The normalized spacial score (nSPS) is 13.3. The van der Waals surface area contributed by atoms with Gasteiger partial charge in [-0.25, -0.2) is 4.98 Å². The summed E-state index contributed by atoms with van der Waals surface area (Å²) in [5, 5.41) is 0. The molecule has 0 aliphatic heterocycles.